The van der Waals surface area contributed by atoms with Crippen molar-refractivity contribution in [2.24, 2.45) is 5.92 Å². The van der Waals surface area contributed by atoms with E-state index in [1.165, 1.54) is 0 Å². The molecule has 0 aliphatic carbocycles. The van der Waals surface area contributed by atoms with Gasteiger partial charge in [-0.15, -0.1) is 0 Å². The van der Waals surface area contributed by atoms with E-state index in [0.717, 1.165) is 30.6 Å². The minimum Gasteiger partial charge on any atom is -0.316 e. The van der Waals surface area contributed by atoms with Crippen molar-refractivity contribution in [2.45, 2.75) is 24.7 Å². The molecular weight excluding hydrogens is 302 g/mol. The van der Waals surface area contributed by atoms with Crippen LogP contribution >= 0.6 is 0 Å². The minimum absolute atomic E-state index is 0.0000185. The molecule has 1 unspecified atom stereocenters. The molecule has 1 aromatic rings. The molecule has 1 saturated heterocycles. The zero-order valence-corrected chi connectivity index (χ0v) is 13.4. The fraction of sp³-hybridized carbons (Fsp3) is 0.533. The van der Waals surface area contributed by atoms with Crippen LogP contribution < -0.4 is 14.9 Å². The van der Waals surface area contributed by atoms with Crippen LogP contribution in [0.15, 0.2) is 23.1 Å². The van der Waals surface area contributed by atoms with E-state index in [1.807, 2.05) is 6.07 Å². The highest BCUT2D eigenvalue weighted by molar-refractivity contribution is 7.89. The number of hydrogen-bond acceptors (Lipinski definition) is 4. The maximum absolute atomic E-state index is 12.6. The molecule has 1 fully saturated rings. The molecule has 0 bridgehead atoms. The number of nitrogens with zero attached hydrogens (tertiary/aromatic N) is 1. The zero-order chi connectivity index (χ0) is 15.7. The molecule has 0 spiro atoms. The van der Waals surface area contributed by atoms with Crippen LogP contribution in [0.5, 0.6) is 0 Å². The first kappa shape index (κ1) is 15.5. The van der Waals surface area contributed by atoms with Crippen LogP contribution in [0.4, 0.5) is 5.69 Å². The van der Waals surface area contributed by atoms with E-state index in [1.54, 1.807) is 24.0 Å². The molecule has 7 heteroatoms. The average molecular weight is 323 g/mol. The predicted molar refractivity (Wildman–Crippen MR) is 84.3 cm³/mol. The molecule has 1 atom stereocenters. The topological polar surface area (TPSA) is 78.5 Å². The number of rotatable bonds is 4. The number of carbonyl (C=O) groups is 1. The molecule has 2 aliphatic heterocycles. The summed E-state index contributed by atoms with van der Waals surface area (Å²) in [6.07, 6.45) is 1.63. The van der Waals surface area contributed by atoms with E-state index in [0.29, 0.717) is 19.6 Å². The van der Waals surface area contributed by atoms with Crippen molar-refractivity contribution in [1.82, 2.24) is 10.0 Å². The van der Waals surface area contributed by atoms with Gasteiger partial charge in [0.1, 0.15) is 0 Å². The van der Waals surface area contributed by atoms with Gasteiger partial charge in [-0.1, -0.05) is 13.0 Å². The predicted octanol–water partition coefficient (Wildman–Crippen LogP) is 0.483. The number of anilines is 1. The fourth-order valence-corrected chi connectivity index (χ4v) is 4.17. The first-order chi connectivity index (χ1) is 10.5. The van der Waals surface area contributed by atoms with Gasteiger partial charge in [0, 0.05) is 25.3 Å². The third-order valence-electron chi connectivity index (χ3n) is 4.27. The monoisotopic (exact) mass is 323 g/mol. The highest BCUT2D eigenvalue weighted by Gasteiger charge is 2.32. The van der Waals surface area contributed by atoms with Gasteiger partial charge in [-0.3, -0.25) is 4.79 Å². The Morgan fingerprint density at radius 2 is 2.27 bits per heavy atom. The van der Waals surface area contributed by atoms with Crippen LogP contribution in [-0.2, 0) is 21.2 Å². The van der Waals surface area contributed by atoms with Crippen LogP contribution in [0.25, 0.3) is 0 Å². The lowest BCUT2D eigenvalue weighted by Crippen LogP contribution is -2.36. The van der Waals surface area contributed by atoms with Crippen molar-refractivity contribution < 1.29 is 13.2 Å². The Balaban J connectivity index is 1.90. The standard InChI is InChI=1S/C15H21N3O3S/c1-2-17-22(20,21)13-4-3-11-6-8-18(14(11)9-13)15(19)12-5-7-16-10-12/h3-4,9,12,16-17H,2,5-8,10H2,1H3. The van der Waals surface area contributed by atoms with Crippen molar-refractivity contribution in [2.75, 3.05) is 31.1 Å². The number of amides is 1. The fourth-order valence-electron chi connectivity index (χ4n) is 3.11. The van der Waals surface area contributed by atoms with Crippen molar-refractivity contribution in [3.63, 3.8) is 0 Å². The van der Waals surface area contributed by atoms with E-state index in [-0.39, 0.29) is 16.7 Å². The van der Waals surface area contributed by atoms with Gasteiger partial charge in [0.25, 0.3) is 0 Å². The van der Waals surface area contributed by atoms with Gasteiger partial charge in [0.05, 0.1) is 10.8 Å². The van der Waals surface area contributed by atoms with Crippen molar-refractivity contribution in [3.8, 4) is 0 Å². The van der Waals surface area contributed by atoms with E-state index >= 15 is 0 Å². The van der Waals surface area contributed by atoms with Crippen molar-refractivity contribution in [1.29, 1.82) is 0 Å². The zero-order valence-electron chi connectivity index (χ0n) is 12.6. The molecule has 0 aromatic heterocycles. The summed E-state index contributed by atoms with van der Waals surface area (Å²) < 4.78 is 26.8. The van der Waals surface area contributed by atoms with E-state index in [4.69, 9.17) is 0 Å². The second-order valence-corrected chi connectivity index (χ2v) is 7.49. The quantitative estimate of drug-likeness (QED) is 0.845. The second kappa shape index (κ2) is 5.98. The molecule has 3 rings (SSSR count). The van der Waals surface area contributed by atoms with E-state index in [2.05, 4.69) is 10.0 Å². The smallest absolute Gasteiger partial charge is 0.240 e. The van der Waals surface area contributed by atoms with Crippen LogP contribution in [0.1, 0.15) is 18.9 Å². The molecule has 0 radical (unpaired) electrons. The lowest BCUT2D eigenvalue weighted by atomic mass is 10.1. The van der Waals surface area contributed by atoms with Gasteiger partial charge in [0.15, 0.2) is 0 Å². The molecule has 22 heavy (non-hydrogen) atoms. The average Bonchev–Trinajstić information content (AvgIpc) is 3.15. The molecule has 2 heterocycles. The molecule has 120 valence electrons. The Bertz CT molecular complexity index is 681. The summed E-state index contributed by atoms with van der Waals surface area (Å²) in [6, 6.07) is 5.06. The van der Waals surface area contributed by atoms with Gasteiger partial charge in [-0.05, 0) is 37.1 Å². The van der Waals surface area contributed by atoms with E-state index < -0.39 is 10.0 Å². The van der Waals surface area contributed by atoms with Crippen molar-refractivity contribution in [3.05, 3.63) is 23.8 Å². The molecule has 1 aromatic carbocycles. The Kier molecular flexibility index (Phi) is 4.20. The normalized spacial score (nSPS) is 21.1. The molecule has 0 saturated carbocycles. The highest BCUT2D eigenvalue weighted by atomic mass is 32.2. The minimum atomic E-state index is -3.50. The molecule has 1 amide bonds. The van der Waals surface area contributed by atoms with Gasteiger partial charge in [-0.2, -0.15) is 0 Å². The van der Waals surface area contributed by atoms with Crippen molar-refractivity contribution >= 4 is 21.6 Å². The Hall–Kier alpha value is -1.44. The number of carbonyl (C=O) groups excluding carboxylic acids is 1. The first-order valence-electron chi connectivity index (χ1n) is 7.67. The van der Waals surface area contributed by atoms with Crippen LogP contribution in [0, 0.1) is 5.92 Å². The summed E-state index contributed by atoms with van der Waals surface area (Å²) in [5.41, 5.74) is 1.78. The lowest BCUT2D eigenvalue weighted by Gasteiger charge is -2.21. The summed E-state index contributed by atoms with van der Waals surface area (Å²) in [5, 5.41) is 3.20. The Labute approximate surface area is 130 Å². The summed E-state index contributed by atoms with van der Waals surface area (Å²) >= 11 is 0. The first-order valence-corrected chi connectivity index (χ1v) is 9.16. The molecule has 2 aliphatic rings. The lowest BCUT2D eigenvalue weighted by molar-refractivity contribution is -0.121. The second-order valence-electron chi connectivity index (χ2n) is 5.72. The van der Waals surface area contributed by atoms with Gasteiger partial charge in [0.2, 0.25) is 15.9 Å². The summed E-state index contributed by atoms with van der Waals surface area (Å²) in [4.78, 5) is 14.6. The number of nitrogens with one attached hydrogen (secondary N) is 2. The maximum atomic E-state index is 12.6. The molecule has 6 nitrogen and oxygen atoms in total. The van der Waals surface area contributed by atoms with Gasteiger partial charge in [-0.25, -0.2) is 13.1 Å². The Morgan fingerprint density at radius 1 is 1.45 bits per heavy atom. The largest absolute Gasteiger partial charge is 0.316 e. The maximum Gasteiger partial charge on any atom is 0.240 e. The van der Waals surface area contributed by atoms with Crippen LogP contribution in [-0.4, -0.2) is 40.5 Å². The summed E-state index contributed by atoms with van der Waals surface area (Å²) in [5.74, 6) is 0.0988. The van der Waals surface area contributed by atoms with Gasteiger partial charge < -0.3 is 10.2 Å². The number of benzene rings is 1. The number of hydrogen-bond donors (Lipinski definition) is 2. The third kappa shape index (κ3) is 2.76. The highest BCUT2D eigenvalue weighted by Crippen LogP contribution is 2.32. The van der Waals surface area contributed by atoms with Crippen LogP contribution in [0.2, 0.25) is 0 Å². The number of fused-ring (bicyclic) bond motifs is 1. The van der Waals surface area contributed by atoms with Crippen LogP contribution in [0.3, 0.4) is 0 Å². The van der Waals surface area contributed by atoms with E-state index in [9.17, 15) is 13.2 Å². The molecule has 2 N–H and O–H groups in total. The number of sulfonamides is 1. The summed E-state index contributed by atoms with van der Waals surface area (Å²) in [6.45, 7) is 4.30. The van der Waals surface area contributed by atoms with Gasteiger partial charge >= 0.3 is 0 Å². The Morgan fingerprint density at radius 3 is 2.95 bits per heavy atom. The molecular formula is C15H21N3O3S. The summed E-state index contributed by atoms with van der Waals surface area (Å²) in [7, 11) is -3.50. The third-order valence-corrected chi connectivity index (χ3v) is 5.82. The SMILES string of the molecule is CCNS(=O)(=O)c1ccc2c(c1)N(C(=O)C1CCNC1)CC2.